The first-order valence-electron chi connectivity index (χ1n) is 9.70. The Balaban J connectivity index is 1.96. The summed E-state index contributed by atoms with van der Waals surface area (Å²) in [6.45, 7) is 2.26. The minimum Gasteiger partial charge on any atom is -0.462 e. The highest BCUT2D eigenvalue weighted by molar-refractivity contribution is 6.20. The zero-order valence-corrected chi connectivity index (χ0v) is 17.1. The van der Waals surface area contributed by atoms with Gasteiger partial charge in [0, 0.05) is 24.6 Å². The number of amides is 1. The zero-order valence-electron chi connectivity index (χ0n) is 17.1. The van der Waals surface area contributed by atoms with E-state index in [0.717, 1.165) is 5.56 Å². The van der Waals surface area contributed by atoms with E-state index < -0.39 is 18.1 Å². The molecule has 6 nitrogen and oxygen atoms in total. The van der Waals surface area contributed by atoms with Crippen LogP contribution < -0.4 is 5.32 Å². The van der Waals surface area contributed by atoms with Gasteiger partial charge in [0.2, 0.25) is 0 Å². The molecule has 0 saturated heterocycles. The smallest absolute Gasteiger partial charge is 0.462 e. The van der Waals surface area contributed by atoms with Crippen molar-refractivity contribution in [3.63, 3.8) is 0 Å². The zero-order chi connectivity index (χ0) is 23.1. The van der Waals surface area contributed by atoms with Crippen LogP contribution in [0.5, 0.6) is 0 Å². The number of benzene rings is 2. The molecule has 0 bridgehead atoms. The number of alkyl halides is 3. The summed E-state index contributed by atoms with van der Waals surface area (Å²) in [6.07, 6.45) is -0.282. The number of imidazole rings is 1. The molecule has 0 aliphatic rings. The summed E-state index contributed by atoms with van der Waals surface area (Å²) >= 11 is 0. The number of carbonyl (C=O) groups is 2. The number of carbonyl (C=O) groups excluding carboxylic acids is 2. The van der Waals surface area contributed by atoms with Gasteiger partial charge < -0.3 is 14.6 Å². The van der Waals surface area contributed by atoms with Gasteiger partial charge in [0.05, 0.1) is 6.61 Å². The van der Waals surface area contributed by atoms with E-state index in [1.54, 1.807) is 35.3 Å². The van der Waals surface area contributed by atoms with Crippen molar-refractivity contribution in [2.24, 2.45) is 0 Å². The first-order valence-corrected chi connectivity index (χ1v) is 9.70. The summed E-state index contributed by atoms with van der Waals surface area (Å²) in [5, 5.41) is 1.80. The summed E-state index contributed by atoms with van der Waals surface area (Å²) in [4.78, 5) is 28.2. The van der Waals surface area contributed by atoms with Gasteiger partial charge in [-0.05, 0) is 36.3 Å². The maximum atomic E-state index is 12.7. The monoisotopic (exact) mass is 443 g/mol. The van der Waals surface area contributed by atoms with Crippen molar-refractivity contribution in [3.05, 3.63) is 83.9 Å². The number of esters is 1. The van der Waals surface area contributed by atoms with Crippen molar-refractivity contribution >= 4 is 29.2 Å². The predicted octanol–water partition coefficient (Wildman–Crippen LogP) is 4.54. The highest BCUT2D eigenvalue weighted by Gasteiger charge is 2.38. The van der Waals surface area contributed by atoms with Gasteiger partial charge in [0.1, 0.15) is 11.4 Å². The van der Waals surface area contributed by atoms with Crippen molar-refractivity contribution in [2.45, 2.75) is 19.6 Å². The van der Waals surface area contributed by atoms with Crippen LogP contribution in [0.15, 0.2) is 67.0 Å². The molecule has 0 atom stereocenters. The van der Waals surface area contributed by atoms with Gasteiger partial charge in [-0.1, -0.05) is 42.5 Å². The van der Waals surface area contributed by atoms with E-state index in [1.165, 1.54) is 24.3 Å². The van der Waals surface area contributed by atoms with E-state index in [0.29, 0.717) is 17.9 Å². The van der Waals surface area contributed by atoms with Crippen LogP contribution >= 0.6 is 0 Å². The Bertz CT molecular complexity index is 1120. The van der Waals surface area contributed by atoms with Gasteiger partial charge in [0.15, 0.2) is 0 Å². The molecule has 1 N–H and O–H groups in total. The van der Waals surface area contributed by atoms with Crippen LogP contribution in [-0.2, 0) is 20.9 Å². The van der Waals surface area contributed by atoms with Gasteiger partial charge >= 0.3 is 18.1 Å². The molecule has 3 rings (SSSR count). The Hall–Kier alpha value is -3.88. The first kappa shape index (κ1) is 22.8. The van der Waals surface area contributed by atoms with Crippen molar-refractivity contribution < 1.29 is 27.5 Å². The lowest BCUT2D eigenvalue weighted by Gasteiger charge is -2.12. The molecule has 1 amide bonds. The Morgan fingerprint density at radius 2 is 1.88 bits per heavy atom. The van der Waals surface area contributed by atoms with Crippen LogP contribution in [0.2, 0.25) is 0 Å². The number of hydrogen-bond donors (Lipinski definition) is 1. The standard InChI is InChI=1S/C23H20F3N3O3/c1-2-32-21(30)19(20-27-11-12-29(20)15-16-7-4-3-5-8-16)14-17-9-6-10-18(13-17)28-22(31)23(24,25)26/h3-14H,2,15H2,1H3,(H,28,31)/b19-14+. The second kappa shape index (κ2) is 9.95. The highest BCUT2D eigenvalue weighted by Crippen LogP contribution is 2.23. The average Bonchev–Trinajstić information content (AvgIpc) is 3.20. The molecule has 0 fully saturated rings. The number of nitrogens with one attached hydrogen (secondary N) is 1. The van der Waals surface area contributed by atoms with E-state index in [9.17, 15) is 22.8 Å². The van der Waals surface area contributed by atoms with Crippen LogP contribution in [0, 0.1) is 0 Å². The second-order valence-electron chi connectivity index (χ2n) is 6.72. The maximum Gasteiger partial charge on any atom is 0.471 e. The lowest BCUT2D eigenvalue weighted by molar-refractivity contribution is -0.167. The Morgan fingerprint density at radius 1 is 1.12 bits per heavy atom. The van der Waals surface area contributed by atoms with Crippen molar-refractivity contribution in [1.82, 2.24) is 9.55 Å². The Morgan fingerprint density at radius 3 is 2.56 bits per heavy atom. The van der Waals surface area contributed by atoms with Gasteiger partial charge in [-0.3, -0.25) is 4.79 Å². The SMILES string of the molecule is CCOC(=O)/C(=C/c1cccc(NC(=O)C(F)(F)F)c1)c1nccn1Cc1ccccc1. The molecule has 0 spiro atoms. The molecule has 0 aliphatic carbocycles. The van der Waals surface area contributed by atoms with Crippen molar-refractivity contribution in [3.8, 4) is 0 Å². The number of rotatable bonds is 7. The van der Waals surface area contributed by atoms with Gasteiger partial charge in [-0.2, -0.15) is 13.2 Å². The third-order valence-corrected chi connectivity index (χ3v) is 4.36. The molecule has 1 aromatic heterocycles. The Kier molecular flexibility index (Phi) is 7.09. The molecule has 3 aromatic rings. The molecule has 166 valence electrons. The topological polar surface area (TPSA) is 73.2 Å². The number of halogens is 3. The molecule has 0 saturated carbocycles. The molecular weight excluding hydrogens is 423 g/mol. The lowest BCUT2D eigenvalue weighted by Crippen LogP contribution is -2.29. The molecular formula is C23H20F3N3O3. The van der Waals surface area contributed by atoms with Gasteiger partial charge in [0.25, 0.3) is 0 Å². The van der Waals surface area contributed by atoms with Crippen LogP contribution in [0.25, 0.3) is 11.6 Å². The first-order chi connectivity index (χ1) is 15.3. The molecule has 32 heavy (non-hydrogen) atoms. The fourth-order valence-corrected chi connectivity index (χ4v) is 2.96. The van der Waals surface area contributed by atoms with E-state index >= 15 is 0 Å². The lowest BCUT2D eigenvalue weighted by atomic mass is 10.1. The molecule has 0 aliphatic heterocycles. The summed E-state index contributed by atoms with van der Waals surface area (Å²) < 4.78 is 44.6. The molecule has 2 aromatic carbocycles. The largest absolute Gasteiger partial charge is 0.471 e. The van der Waals surface area contributed by atoms with E-state index in [1.807, 2.05) is 30.3 Å². The number of anilines is 1. The summed E-state index contributed by atoms with van der Waals surface area (Å²) in [7, 11) is 0. The fourth-order valence-electron chi connectivity index (χ4n) is 2.96. The average molecular weight is 443 g/mol. The number of hydrogen-bond acceptors (Lipinski definition) is 4. The summed E-state index contributed by atoms with van der Waals surface area (Å²) in [6, 6.07) is 15.3. The van der Waals surface area contributed by atoms with E-state index in [-0.39, 0.29) is 17.9 Å². The third-order valence-electron chi connectivity index (χ3n) is 4.36. The number of nitrogens with zero attached hydrogens (tertiary/aromatic N) is 2. The number of aromatic nitrogens is 2. The van der Waals surface area contributed by atoms with Crippen LogP contribution in [-0.4, -0.2) is 34.2 Å². The minimum atomic E-state index is -5.01. The van der Waals surface area contributed by atoms with Crippen molar-refractivity contribution in [1.29, 1.82) is 0 Å². The summed E-state index contributed by atoms with van der Waals surface area (Å²) in [5.74, 6) is -2.36. The van der Waals surface area contributed by atoms with Crippen LogP contribution in [0.1, 0.15) is 23.9 Å². The number of ether oxygens (including phenoxy) is 1. The van der Waals surface area contributed by atoms with E-state index in [2.05, 4.69) is 4.98 Å². The molecule has 1 heterocycles. The van der Waals surface area contributed by atoms with Gasteiger partial charge in [-0.25, -0.2) is 9.78 Å². The Labute approximate surface area is 182 Å². The quantitative estimate of drug-likeness (QED) is 0.430. The second-order valence-corrected chi connectivity index (χ2v) is 6.72. The minimum absolute atomic E-state index is 0.0584. The van der Waals surface area contributed by atoms with Gasteiger partial charge in [-0.15, -0.1) is 0 Å². The highest BCUT2D eigenvalue weighted by atomic mass is 19.4. The van der Waals surface area contributed by atoms with Crippen LogP contribution in [0.4, 0.5) is 18.9 Å². The maximum absolute atomic E-state index is 12.7. The molecule has 0 unspecified atom stereocenters. The van der Waals surface area contributed by atoms with E-state index in [4.69, 9.17) is 4.74 Å². The predicted molar refractivity (Wildman–Crippen MR) is 113 cm³/mol. The fraction of sp³-hybridized carbons (Fsp3) is 0.174. The third kappa shape index (κ3) is 5.84. The van der Waals surface area contributed by atoms with Crippen molar-refractivity contribution in [2.75, 3.05) is 11.9 Å². The molecule has 0 radical (unpaired) electrons. The normalized spacial score (nSPS) is 11.8. The molecule has 9 heteroatoms. The van der Waals surface area contributed by atoms with Crippen LogP contribution in [0.3, 0.4) is 0 Å². The summed E-state index contributed by atoms with van der Waals surface area (Å²) in [5.41, 5.74) is 1.46.